The summed E-state index contributed by atoms with van der Waals surface area (Å²) in [5.74, 6) is 0. The van der Waals surface area contributed by atoms with Crippen molar-refractivity contribution < 1.29 is 5.11 Å². The lowest BCUT2D eigenvalue weighted by atomic mass is 10.1. The van der Waals surface area contributed by atoms with Crippen molar-refractivity contribution in [3.63, 3.8) is 0 Å². The van der Waals surface area contributed by atoms with E-state index in [-0.39, 0.29) is 0 Å². The van der Waals surface area contributed by atoms with Crippen molar-refractivity contribution >= 4 is 22.2 Å². The van der Waals surface area contributed by atoms with E-state index < -0.39 is 6.10 Å². The minimum absolute atomic E-state index is 0.554. The van der Waals surface area contributed by atoms with Gasteiger partial charge in [-0.05, 0) is 29.1 Å². The van der Waals surface area contributed by atoms with Gasteiger partial charge in [0.15, 0.2) is 0 Å². The van der Waals surface area contributed by atoms with Crippen LogP contribution in [-0.2, 0) is 0 Å². The number of nitrogens with zero attached hydrogens (tertiary/aromatic N) is 1. The van der Waals surface area contributed by atoms with Crippen LogP contribution >= 0.6 is 11.3 Å². The largest absolute Gasteiger partial charge is 0.383 e. The van der Waals surface area contributed by atoms with E-state index >= 15 is 0 Å². The van der Waals surface area contributed by atoms with Gasteiger partial charge in [-0.3, -0.25) is 4.98 Å². The number of pyridine rings is 1. The zero-order valence-corrected chi connectivity index (χ0v) is 9.89. The van der Waals surface area contributed by atoms with E-state index in [1.54, 1.807) is 17.5 Å². The minimum atomic E-state index is -0.554. The normalized spacial score (nSPS) is 12.8. The topological polar surface area (TPSA) is 33.1 Å². The van der Waals surface area contributed by atoms with Crippen LogP contribution in [0.5, 0.6) is 0 Å². The highest BCUT2D eigenvalue weighted by Gasteiger charge is 2.11. The molecular weight excluding hydrogens is 230 g/mol. The Kier molecular flexibility index (Phi) is 2.63. The van der Waals surface area contributed by atoms with Gasteiger partial charge < -0.3 is 5.11 Å². The summed E-state index contributed by atoms with van der Waals surface area (Å²) in [7, 11) is 0. The molecule has 2 heterocycles. The molecule has 3 heteroatoms. The molecule has 0 amide bonds. The molecule has 0 saturated carbocycles. The Morgan fingerprint density at radius 2 is 2.06 bits per heavy atom. The van der Waals surface area contributed by atoms with Crippen LogP contribution in [0.15, 0.2) is 54.0 Å². The maximum atomic E-state index is 10.2. The molecule has 2 nitrogen and oxygen atoms in total. The van der Waals surface area contributed by atoms with Crippen LogP contribution in [0.1, 0.15) is 16.5 Å². The molecule has 0 aliphatic heterocycles. The van der Waals surface area contributed by atoms with Crippen molar-refractivity contribution in [2.24, 2.45) is 0 Å². The van der Waals surface area contributed by atoms with E-state index in [2.05, 4.69) is 4.98 Å². The minimum Gasteiger partial charge on any atom is -0.383 e. The van der Waals surface area contributed by atoms with Crippen LogP contribution in [0.4, 0.5) is 0 Å². The summed E-state index contributed by atoms with van der Waals surface area (Å²) in [6, 6.07) is 13.7. The van der Waals surface area contributed by atoms with Crippen molar-refractivity contribution in [3.8, 4) is 0 Å². The molecule has 17 heavy (non-hydrogen) atoms. The van der Waals surface area contributed by atoms with Gasteiger partial charge in [0.1, 0.15) is 6.10 Å². The van der Waals surface area contributed by atoms with Gasteiger partial charge in [-0.15, -0.1) is 11.3 Å². The molecule has 1 atom stereocenters. The monoisotopic (exact) mass is 241 g/mol. The van der Waals surface area contributed by atoms with Gasteiger partial charge in [0.2, 0.25) is 0 Å². The third-order valence-corrected chi connectivity index (χ3v) is 3.68. The number of aliphatic hydroxyl groups excluding tert-OH is 1. The van der Waals surface area contributed by atoms with Crippen LogP contribution in [0.2, 0.25) is 0 Å². The number of hydrogen-bond donors (Lipinski definition) is 1. The summed E-state index contributed by atoms with van der Waals surface area (Å²) in [6.45, 7) is 0. The lowest BCUT2D eigenvalue weighted by Gasteiger charge is -2.09. The smallest absolute Gasteiger partial charge is 0.113 e. The van der Waals surface area contributed by atoms with E-state index in [0.29, 0.717) is 0 Å². The SMILES string of the molecule is OC(c1ccc2cccnc2c1)c1cccs1. The second-order valence-electron chi connectivity index (χ2n) is 3.87. The molecule has 0 radical (unpaired) electrons. The predicted octanol–water partition coefficient (Wildman–Crippen LogP) is 3.38. The van der Waals surface area contributed by atoms with Crippen molar-refractivity contribution in [2.75, 3.05) is 0 Å². The maximum Gasteiger partial charge on any atom is 0.113 e. The molecule has 0 fully saturated rings. The Hall–Kier alpha value is -1.71. The molecule has 3 rings (SSSR count). The van der Waals surface area contributed by atoms with E-state index in [9.17, 15) is 5.11 Å². The predicted molar refractivity (Wildman–Crippen MR) is 70.1 cm³/mol. The third kappa shape index (κ3) is 1.95. The molecule has 1 aromatic carbocycles. The van der Waals surface area contributed by atoms with Gasteiger partial charge in [0.25, 0.3) is 0 Å². The first-order valence-electron chi connectivity index (χ1n) is 5.41. The van der Waals surface area contributed by atoms with Gasteiger partial charge in [-0.25, -0.2) is 0 Å². The molecule has 0 spiro atoms. The van der Waals surface area contributed by atoms with Gasteiger partial charge >= 0.3 is 0 Å². The second-order valence-corrected chi connectivity index (χ2v) is 4.85. The van der Waals surface area contributed by atoms with E-state index in [1.807, 2.05) is 47.8 Å². The van der Waals surface area contributed by atoms with Crippen molar-refractivity contribution in [1.82, 2.24) is 4.98 Å². The molecule has 0 saturated heterocycles. The number of benzene rings is 1. The summed E-state index contributed by atoms with van der Waals surface area (Å²) in [4.78, 5) is 5.26. The number of aromatic nitrogens is 1. The number of rotatable bonds is 2. The first-order chi connectivity index (χ1) is 8.34. The number of hydrogen-bond acceptors (Lipinski definition) is 3. The molecule has 1 unspecified atom stereocenters. The van der Waals surface area contributed by atoms with Crippen LogP contribution < -0.4 is 0 Å². The highest BCUT2D eigenvalue weighted by atomic mass is 32.1. The fourth-order valence-corrected chi connectivity index (χ4v) is 2.60. The summed E-state index contributed by atoms with van der Waals surface area (Å²) in [6.07, 6.45) is 1.21. The highest BCUT2D eigenvalue weighted by molar-refractivity contribution is 7.10. The van der Waals surface area contributed by atoms with Gasteiger partial charge in [0, 0.05) is 16.5 Å². The van der Waals surface area contributed by atoms with Crippen LogP contribution in [-0.4, -0.2) is 10.1 Å². The highest BCUT2D eigenvalue weighted by Crippen LogP contribution is 2.27. The van der Waals surface area contributed by atoms with Crippen LogP contribution in [0.25, 0.3) is 10.9 Å². The molecule has 1 N–H and O–H groups in total. The molecule has 0 aliphatic carbocycles. The lowest BCUT2D eigenvalue weighted by Crippen LogP contribution is -1.96. The Bertz CT molecular complexity index is 634. The first kappa shape index (κ1) is 10.4. The van der Waals surface area contributed by atoms with Crippen molar-refractivity contribution in [1.29, 1.82) is 0 Å². The molecule has 0 aliphatic rings. The summed E-state index contributed by atoms with van der Waals surface area (Å²) >= 11 is 1.56. The van der Waals surface area contributed by atoms with Gasteiger partial charge in [-0.2, -0.15) is 0 Å². The third-order valence-electron chi connectivity index (χ3n) is 2.76. The van der Waals surface area contributed by atoms with Crippen LogP contribution in [0.3, 0.4) is 0 Å². The molecule has 84 valence electrons. The maximum absolute atomic E-state index is 10.2. The Morgan fingerprint density at radius 1 is 1.12 bits per heavy atom. The molecule has 2 aromatic heterocycles. The molecular formula is C14H11NOS. The van der Waals surface area contributed by atoms with Gasteiger partial charge in [-0.1, -0.05) is 24.3 Å². The van der Waals surface area contributed by atoms with E-state index in [4.69, 9.17) is 0 Å². The Morgan fingerprint density at radius 3 is 2.88 bits per heavy atom. The number of aliphatic hydroxyl groups is 1. The zero-order valence-electron chi connectivity index (χ0n) is 9.08. The fraction of sp³-hybridized carbons (Fsp3) is 0.0714. The van der Waals surface area contributed by atoms with Gasteiger partial charge in [0.05, 0.1) is 5.52 Å². The fourth-order valence-electron chi connectivity index (χ4n) is 1.86. The van der Waals surface area contributed by atoms with Crippen molar-refractivity contribution in [3.05, 3.63) is 64.5 Å². The quantitative estimate of drug-likeness (QED) is 0.746. The molecule has 3 aromatic rings. The summed E-state index contributed by atoms with van der Waals surface area (Å²) < 4.78 is 0. The van der Waals surface area contributed by atoms with E-state index in [1.165, 1.54) is 0 Å². The number of fused-ring (bicyclic) bond motifs is 1. The average molecular weight is 241 g/mol. The summed E-state index contributed by atoms with van der Waals surface area (Å²) in [5, 5.41) is 13.3. The Labute approximate surface area is 103 Å². The van der Waals surface area contributed by atoms with Crippen LogP contribution in [0, 0.1) is 0 Å². The van der Waals surface area contributed by atoms with E-state index in [0.717, 1.165) is 21.3 Å². The molecule has 0 bridgehead atoms. The Balaban J connectivity index is 2.06. The zero-order chi connectivity index (χ0) is 11.7. The first-order valence-corrected chi connectivity index (χ1v) is 6.29. The summed E-state index contributed by atoms with van der Waals surface area (Å²) in [5.41, 5.74) is 1.80. The van der Waals surface area contributed by atoms with Crippen molar-refractivity contribution in [2.45, 2.75) is 6.10 Å². The lowest BCUT2D eigenvalue weighted by molar-refractivity contribution is 0.224. The standard InChI is InChI=1S/C14H11NOS/c16-14(13-4-2-8-17-13)11-6-5-10-3-1-7-15-12(10)9-11/h1-9,14,16H. The average Bonchev–Trinajstić information content (AvgIpc) is 2.91. The number of thiophene rings is 1. The second kappa shape index (κ2) is 4.28.